The van der Waals surface area contributed by atoms with E-state index in [4.69, 9.17) is 4.74 Å². The van der Waals surface area contributed by atoms with E-state index in [1.807, 2.05) is 6.92 Å². The molecule has 1 atom stereocenters. The molecule has 0 bridgehead atoms. The van der Waals surface area contributed by atoms with Crippen molar-refractivity contribution >= 4 is 5.91 Å². The van der Waals surface area contributed by atoms with Crippen molar-refractivity contribution in [3.8, 4) is 0 Å². The van der Waals surface area contributed by atoms with E-state index in [2.05, 4.69) is 5.18 Å². The average Bonchev–Trinajstić information content (AvgIpc) is 2.39. The standard InChI is InChI=1S/C11H20N2O4/c1-2-3-4-5-11(15,10(14)12-16)13-6-8-17-9-7-13/h15H,2-9H2,1H3. The lowest BCUT2D eigenvalue weighted by Crippen LogP contribution is -2.57. The minimum absolute atomic E-state index is 0.255. The van der Waals surface area contributed by atoms with Crippen LogP contribution < -0.4 is 0 Å². The second kappa shape index (κ2) is 6.78. The van der Waals surface area contributed by atoms with Crippen molar-refractivity contribution in [2.24, 2.45) is 5.18 Å². The number of amides is 1. The van der Waals surface area contributed by atoms with Gasteiger partial charge in [0.1, 0.15) is 0 Å². The molecule has 1 heterocycles. The Hall–Kier alpha value is -0.850. The fourth-order valence-electron chi connectivity index (χ4n) is 2.03. The summed E-state index contributed by atoms with van der Waals surface area (Å²) in [6, 6.07) is 0. The highest BCUT2D eigenvalue weighted by molar-refractivity contribution is 5.85. The quantitative estimate of drug-likeness (QED) is 0.554. The Bertz CT molecular complexity index is 266. The number of carbonyl (C=O) groups is 1. The van der Waals surface area contributed by atoms with Crippen LogP contribution in [0.15, 0.2) is 5.18 Å². The summed E-state index contributed by atoms with van der Waals surface area (Å²) in [6.07, 6.45) is 2.86. The number of aliphatic hydroxyl groups is 1. The van der Waals surface area contributed by atoms with Crippen LogP contribution >= 0.6 is 0 Å². The Morgan fingerprint density at radius 2 is 2.06 bits per heavy atom. The summed E-state index contributed by atoms with van der Waals surface area (Å²) >= 11 is 0. The number of rotatable bonds is 6. The minimum Gasteiger partial charge on any atom is -0.379 e. The van der Waals surface area contributed by atoms with Gasteiger partial charge in [-0.1, -0.05) is 19.8 Å². The van der Waals surface area contributed by atoms with Gasteiger partial charge in [0.2, 0.25) is 5.72 Å². The molecule has 1 saturated heterocycles. The van der Waals surface area contributed by atoms with Gasteiger partial charge in [0, 0.05) is 18.3 Å². The number of hydrogen-bond acceptors (Lipinski definition) is 5. The first kappa shape index (κ1) is 14.2. The van der Waals surface area contributed by atoms with E-state index < -0.39 is 11.6 Å². The van der Waals surface area contributed by atoms with E-state index in [0.29, 0.717) is 32.7 Å². The van der Waals surface area contributed by atoms with E-state index in [-0.39, 0.29) is 6.42 Å². The molecule has 17 heavy (non-hydrogen) atoms. The van der Waals surface area contributed by atoms with Gasteiger partial charge in [0.25, 0.3) is 0 Å². The highest BCUT2D eigenvalue weighted by Crippen LogP contribution is 2.23. The zero-order chi connectivity index (χ0) is 12.7. The van der Waals surface area contributed by atoms with E-state index >= 15 is 0 Å². The molecule has 1 aliphatic rings. The lowest BCUT2D eigenvalue weighted by molar-refractivity contribution is -0.172. The maximum Gasteiger partial charge on any atom is 0.332 e. The topological polar surface area (TPSA) is 79.2 Å². The summed E-state index contributed by atoms with van der Waals surface area (Å²) < 4.78 is 5.16. The average molecular weight is 244 g/mol. The Morgan fingerprint density at radius 1 is 1.41 bits per heavy atom. The van der Waals surface area contributed by atoms with Gasteiger partial charge in [0.15, 0.2) is 0 Å². The molecule has 1 rings (SSSR count). The number of carbonyl (C=O) groups excluding carboxylic acids is 1. The molecule has 1 N–H and O–H groups in total. The SMILES string of the molecule is CCCCCC(O)(C(=O)N=O)N1CCOCC1. The fourth-order valence-corrected chi connectivity index (χ4v) is 2.03. The fraction of sp³-hybridized carbons (Fsp3) is 0.909. The molecule has 0 aliphatic carbocycles. The van der Waals surface area contributed by atoms with Gasteiger partial charge in [-0.05, 0) is 12.8 Å². The first-order valence-corrected chi connectivity index (χ1v) is 6.08. The van der Waals surface area contributed by atoms with Gasteiger partial charge < -0.3 is 9.84 Å². The molecule has 0 aromatic rings. The van der Waals surface area contributed by atoms with E-state index in [0.717, 1.165) is 12.8 Å². The zero-order valence-corrected chi connectivity index (χ0v) is 10.2. The molecule has 0 radical (unpaired) electrons. The van der Waals surface area contributed by atoms with Gasteiger partial charge >= 0.3 is 5.91 Å². The third-order valence-electron chi connectivity index (χ3n) is 3.09. The Labute approximate surface area is 101 Å². The third-order valence-corrected chi connectivity index (χ3v) is 3.09. The van der Waals surface area contributed by atoms with Crippen LogP contribution in [-0.4, -0.2) is 47.9 Å². The molecule has 1 fully saturated rings. The molecule has 0 spiro atoms. The van der Waals surface area contributed by atoms with Crippen molar-refractivity contribution in [2.45, 2.75) is 38.3 Å². The van der Waals surface area contributed by atoms with Crippen molar-refractivity contribution in [2.75, 3.05) is 26.3 Å². The third kappa shape index (κ3) is 3.55. The van der Waals surface area contributed by atoms with Crippen molar-refractivity contribution in [1.82, 2.24) is 4.90 Å². The van der Waals surface area contributed by atoms with Crippen LogP contribution in [0.5, 0.6) is 0 Å². The zero-order valence-electron chi connectivity index (χ0n) is 10.2. The maximum atomic E-state index is 11.5. The summed E-state index contributed by atoms with van der Waals surface area (Å²) in [6.45, 7) is 3.85. The van der Waals surface area contributed by atoms with Crippen LogP contribution in [0.1, 0.15) is 32.6 Å². The summed E-state index contributed by atoms with van der Waals surface area (Å²) in [5.41, 5.74) is -1.74. The molecule has 1 aliphatic heterocycles. The molecule has 0 saturated carbocycles. The Balaban J connectivity index is 2.68. The minimum atomic E-state index is -1.74. The molecular formula is C11H20N2O4. The van der Waals surface area contributed by atoms with Crippen LogP contribution in [-0.2, 0) is 9.53 Å². The number of unbranched alkanes of at least 4 members (excludes halogenated alkanes) is 2. The monoisotopic (exact) mass is 244 g/mol. The van der Waals surface area contributed by atoms with Crippen molar-refractivity contribution in [1.29, 1.82) is 0 Å². The molecular weight excluding hydrogens is 224 g/mol. The highest BCUT2D eigenvalue weighted by Gasteiger charge is 2.43. The van der Waals surface area contributed by atoms with Crippen LogP contribution in [0.25, 0.3) is 0 Å². The van der Waals surface area contributed by atoms with Gasteiger partial charge in [-0.25, -0.2) is 0 Å². The Kier molecular flexibility index (Phi) is 5.67. The van der Waals surface area contributed by atoms with E-state index in [1.165, 1.54) is 0 Å². The van der Waals surface area contributed by atoms with Crippen molar-refractivity contribution in [3.63, 3.8) is 0 Å². The number of morpholine rings is 1. The Morgan fingerprint density at radius 3 is 2.59 bits per heavy atom. The predicted molar refractivity (Wildman–Crippen MR) is 62.3 cm³/mol. The first-order chi connectivity index (χ1) is 8.15. The van der Waals surface area contributed by atoms with E-state index in [9.17, 15) is 14.8 Å². The van der Waals surface area contributed by atoms with Crippen LogP contribution in [0.4, 0.5) is 0 Å². The lowest BCUT2D eigenvalue weighted by atomic mass is 10.0. The number of nitroso groups, excluding NO2 is 1. The largest absolute Gasteiger partial charge is 0.379 e. The smallest absolute Gasteiger partial charge is 0.332 e. The molecule has 1 unspecified atom stereocenters. The molecule has 1 amide bonds. The predicted octanol–water partition coefficient (Wildman–Crippen LogP) is 0.881. The second-order valence-electron chi connectivity index (χ2n) is 4.27. The molecule has 0 aromatic heterocycles. The van der Waals surface area contributed by atoms with Gasteiger partial charge in [-0.2, -0.15) is 0 Å². The number of hydrogen-bond donors (Lipinski definition) is 1. The van der Waals surface area contributed by atoms with Gasteiger partial charge in [-0.3, -0.25) is 9.69 Å². The van der Waals surface area contributed by atoms with Crippen molar-refractivity contribution in [3.05, 3.63) is 4.91 Å². The molecule has 6 nitrogen and oxygen atoms in total. The normalized spacial score (nSPS) is 20.8. The molecule has 6 heteroatoms. The highest BCUT2D eigenvalue weighted by atomic mass is 16.5. The van der Waals surface area contributed by atoms with Gasteiger partial charge in [-0.15, -0.1) is 4.91 Å². The van der Waals surface area contributed by atoms with E-state index in [1.54, 1.807) is 4.90 Å². The lowest BCUT2D eigenvalue weighted by Gasteiger charge is -2.38. The second-order valence-corrected chi connectivity index (χ2v) is 4.27. The number of nitrogens with zero attached hydrogens (tertiary/aromatic N) is 2. The molecule has 0 aromatic carbocycles. The molecule has 98 valence electrons. The van der Waals surface area contributed by atoms with Crippen LogP contribution in [0.2, 0.25) is 0 Å². The van der Waals surface area contributed by atoms with Crippen molar-refractivity contribution < 1.29 is 14.6 Å². The van der Waals surface area contributed by atoms with Crippen LogP contribution in [0.3, 0.4) is 0 Å². The van der Waals surface area contributed by atoms with Crippen LogP contribution in [0, 0.1) is 4.91 Å². The summed E-state index contributed by atoms with van der Waals surface area (Å²) in [7, 11) is 0. The first-order valence-electron chi connectivity index (χ1n) is 6.08. The van der Waals surface area contributed by atoms with Gasteiger partial charge in [0.05, 0.1) is 13.2 Å². The summed E-state index contributed by atoms with van der Waals surface area (Å²) in [4.78, 5) is 23.5. The number of ether oxygens (including phenoxy) is 1. The maximum absolute atomic E-state index is 11.5. The summed E-state index contributed by atoms with van der Waals surface area (Å²) in [5, 5.41) is 12.8. The summed E-state index contributed by atoms with van der Waals surface area (Å²) in [5.74, 6) is -0.990.